The largest absolute Gasteiger partial charge is 0.376 e. The summed E-state index contributed by atoms with van der Waals surface area (Å²) in [6, 6.07) is -0.758. The van der Waals surface area contributed by atoms with E-state index in [1.54, 1.807) is 11.9 Å². The van der Waals surface area contributed by atoms with Crippen LogP contribution in [0.5, 0.6) is 0 Å². The lowest BCUT2D eigenvalue weighted by atomic mass is 9.80. The number of rotatable bonds is 6. The molecule has 2 amide bonds. The van der Waals surface area contributed by atoms with Crippen LogP contribution in [0.2, 0.25) is 0 Å². The third kappa shape index (κ3) is 6.09. The van der Waals surface area contributed by atoms with E-state index in [1.807, 2.05) is 0 Å². The van der Waals surface area contributed by atoms with E-state index in [1.165, 1.54) is 12.8 Å². The summed E-state index contributed by atoms with van der Waals surface area (Å²) in [7, 11) is -1.74. The number of urea groups is 1. The van der Waals surface area contributed by atoms with Crippen LogP contribution in [0.1, 0.15) is 52.4 Å². The molecule has 0 aromatic rings. The number of hydrogen-bond acceptors (Lipinski definition) is 4. The van der Waals surface area contributed by atoms with Gasteiger partial charge in [0.05, 0.1) is 25.0 Å². The molecule has 0 radical (unpaired) electrons. The smallest absolute Gasteiger partial charge is 0.317 e. The number of hydrogen-bond donors (Lipinski definition) is 2. The molecule has 2 aliphatic rings. The van der Waals surface area contributed by atoms with Gasteiger partial charge in [-0.25, -0.2) is 17.9 Å². The van der Waals surface area contributed by atoms with Crippen LogP contribution in [-0.4, -0.2) is 64.0 Å². The fourth-order valence-electron chi connectivity index (χ4n) is 4.23. The zero-order valence-electron chi connectivity index (χ0n) is 16.5. The number of carbonyl (C=O) groups excluding carboxylic acids is 1. The van der Waals surface area contributed by atoms with E-state index >= 15 is 0 Å². The summed E-state index contributed by atoms with van der Waals surface area (Å²) in [5, 5.41) is 2.66. The Bertz CT molecular complexity index is 559. The fourth-order valence-corrected chi connectivity index (χ4v) is 5.05. The van der Waals surface area contributed by atoms with E-state index in [0.29, 0.717) is 25.5 Å². The lowest BCUT2D eigenvalue weighted by molar-refractivity contribution is -0.0239. The van der Waals surface area contributed by atoms with Gasteiger partial charge in [0.2, 0.25) is 10.0 Å². The third-order valence-electron chi connectivity index (χ3n) is 5.78. The molecule has 8 heteroatoms. The Kier molecular flexibility index (Phi) is 7.73. The molecular formula is C18H35N3O4S. The fraction of sp³-hybridized carbons (Fsp3) is 0.944. The molecule has 0 bridgehead atoms. The first-order valence-corrected chi connectivity index (χ1v) is 11.7. The molecule has 2 atom stereocenters. The van der Waals surface area contributed by atoms with Crippen molar-refractivity contribution in [3.05, 3.63) is 0 Å². The third-order valence-corrected chi connectivity index (χ3v) is 6.51. The number of nitrogens with zero attached hydrogens (tertiary/aromatic N) is 1. The number of nitrogens with one attached hydrogen (secondary N) is 2. The Labute approximate surface area is 158 Å². The quantitative estimate of drug-likeness (QED) is 0.727. The van der Waals surface area contributed by atoms with Crippen molar-refractivity contribution in [2.75, 3.05) is 26.5 Å². The van der Waals surface area contributed by atoms with Gasteiger partial charge in [0, 0.05) is 19.6 Å². The first-order chi connectivity index (χ1) is 12.2. The minimum atomic E-state index is -3.34. The molecule has 26 heavy (non-hydrogen) atoms. The van der Waals surface area contributed by atoms with Gasteiger partial charge in [-0.2, -0.15) is 0 Å². The summed E-state index contributed by atoms with van der Waals surface area (Å²) in [5.41, 5.74) is 0. The molecule has 1 heterocycles. The number of likely N-dealkylation sites (tertiary alicyclic amines) is 1. The zero-order chi connectivity index (χ0) is 19.3. The number of amides is 2. The molecule has 7 nitrogen and oxygen atoms in total. The van der Waals surface area contributed by atoms with Crippen molar-refractivity contribution in [2.45, 2.75) is 70.6 Å². The maximum atomic E-state index is 12.2. The van der Waals surface area contributed by atoms with Crippen molar-refractivity contribution in [3.63, 3.8) is 0 Å². The Morgan fingerprint density at radius 1 is 1.19 bits per heavy atom. The monoisotopic (exact) mass is 389 g/mol. The van der Waals surface area contributed by atoms with Crippen molar-refractivity contribution in [2.24, 2.45) is 11.8 Å². The standard InChI is InChI=1S/C18H35N3O4S/c1-13(2)14-7-9-15(10-8-14)25-12-17-16(20-26(4,23)24)6-5-11-21(17)18(22)19-3/h13-17,20H,5-12H2,1-4H3,(H,19,22)/t14?,15?,16-,17-/m0/s1. The van der Waals surface area contributed by atoms with Gasteiger partial charge in [0.25, 0.3) is 0 Å². The van der Waals surface area contributed by atoms with Crippen LogP contribution in [0.3, 0.4) is 0 Å². The molecule has 152 valence electrons. The molecule has 2 N–H and O–H groups in total. The minimum Gasteiger partial charge on any atom is -0.376 e. The molecule has 1 saturated carbocycles. The van der Waals surface area contributed by atoms with Crippen LogP contribution in [0, 0.1) is 11.8 Å². The average Bonchev–Trinajstić information content (AvgIpc) is 2.58. The van der Waals surface area contributed by atoms with Crippen molar-refractivity contribution >= 4 is 16.1 Å². The summed E-state index contributed by atoms with van der Waals surface area (Å²) in [5.74, 6) is 1.48. The maximum absolute atomic E-state index is 12.2. The van der Waals surface area contributed by atoms with E-state index in [0.717, 1.165) is 31.4 Å². The SMILES string of the molecule is CNC(=O)N1CCC[C@H](NS(C)(=O)=O)[C@@H]1COC1CCC(C(C)C)CC1. The average molecular weight is 390 g/mol. The van der Waals surface area contributed by atoms with Crippen LogP contribution in [0.25, 0.3) is 0 Å². The second-order valence-electron chi connectivity index (χ2n) is 8.07. The van der Waals surface area contributed by atoms with Crippen LogP contribution in [0.15, 0.2) is 0 Å². The molecule has 0 spiro atoms. The molecule has 1 aliphatic heterocycles. The molecule has 0 aromatic carbocycles. The highest BCUT2D eigenvalue weighted by Crippen LogP contribution is 2.31. The first-order valence-electron chi connectivity index (χ1n) is 9.78. The van der Waals surface area contributed by atoms with Crippen molar-refractivity contribution in [1.82, 2.24) is 14.9 Å². The van der Waals surface area contributed by atoms with Crippen molar-refractivity contribution < 1.29 is 17.9 Å². The van der Waals surface area contributed by atoms with E-state index in [4.69, 9.17) is 4.74 Å². The van der Waals surface area contributed by atoms with Gasteiger partial charge in [-0.3, -0.25) is 0 Å². The van der Waals surface area contributed by atoms with Gasteiger partial charge < -0.3 is 15.0 Å². The Morgan fingerprint density at radius 3 is 2.38 bits per heavy atom. The highest BCUT2D eigenvalue weighted by molar-refractivity contribution is 7.88. The van der Waals surface area contributed by atoms with Crippen LogP contribution >= 0.6 is 0 Å². The van der Waals surface area contributed by atoms with Gasteiger partial charge in [0.1, 0.15) is 0 Å². The highest BCUT2D eigenvalue weighted by Gasteiger charge is 2.36. The Morgan fingerprint density at radius 2 is 1.85 bits per heavy atom. The van der Waals surface area contributed by atoms with Gasteiger partial charge in [-0.15, -0.1) is 0 Å². The van der Waals surface area contributed by atoms with E-state index in [9.17, 15) is 13.2 Å². The number of sulfonamides is 1. The van der Waals surface area contributed by atoms with Gasteiger partial charge in [-0.05, 0) is 50.4 Å². The zero-order valence-corrected chi connectivity index (χ0v) is 17.3. The lowest BCUT2D eigenvalue weighted by Crippen LogP contribution is -2.60. The summed E-state index contributed by atoms with van der Waals surface area (Å²) in [4.78, 5) is 14.0. The Balaban J connectivity index is 1.98. The molecule has 2 fully saturated rings. The molecule has 1 aliphatic carbocycles. The highest BCUT2D eigenvalue weighted by atomic mass is 32.2. The topological polar surface area (TPSA) is 87.7 Å². The summed E-state index contributed by atoms with van der Waals surface area (Å²) in [6.07, 6.45) is 7.30. The van der Waals surface area contributed by atoms with Gasteiger partial charge in [0.15, 0.2) is 0 Å². The molecular weight excluding hydrogens is 354 g/mol. The molecule has 1 saturated heterocycles. The second kappa shape index (κ2) is 9.37. The molecule has 2 rings (SSSR count). The minimum absolute atomic E-state index is 0.179. The summed E-state index contributed by atoms with van der Waals surface area (Å²) >= 11 is 0. The lowest BCUT2D eigenvalue weighted by Gasteiger charge is -2.41. The van der Waals surface area contributed by atoms with Gasteiger partial charge in [-0.1, -0.05) is 13.8 Å². The first kappa shape index (κ1) is 21.4. The van der Waals surface area contributed by atoms with E-state index in [2.05, 4.69) is 23.9 Å². The van der Waals surface area contributed by atoms with Crippen LogP contribution in [0.4, 0.5) is 4.79 Å². The van der Waals surface area contributed by atoms with Crippen molar-refractivity contribution in [3.8, 4) is 0 Å². The van der Waals surface area contributed by atoms with Crippen LogP contribution in [-0.2, 0) is 14.8 Å². The van der Waals surface area contributed by atoms with Gasteiger partial charge >= 0.3 is 6.03 Å². The molecule has 0 aromatic heterocycles. The van der Waals surface area contributed by atoms with Crippen molar-refractivity contribution in [1.29, 1.82) is 0 Å². The normalized spacial score (nSPS) is 30.4. The van der Waals surface area contributed by atoms with E-state index in [-0.39, 0.29) is 24.2 Å². The molecule has 0 unspecified atom stereocenters. The number of piperidine rings is 1. The Hall–Kier alpha value is -0.860. The summed E-state index contributed by atoms with van der Waals surface area (Å²) < 4.78 is 32.3. The predicted octanol–water partition coefficient (Wildman–Crippen LogP) is 1.94. The summed E-state index contributed by atoms with van der Waals surface area (Å²) in [6.45, 7) is 5.54. The second-order valence-corrected chi connectivity index (χ2v) is 9.85. The maximum Gasteiger partial charge on any atom is 0.317 e. The van der Waals surface area contributed by atoms with Crippen LogP contribution < -0.4 is 10.0 Å². The number of ether oxygens (including phenoxy) is 1. The predicted molar refractivity (Wildman–Crippen MR) is 102 cm³/mol. The van der Waals surface area contributed by atoms with E-state index < -0.39 is 10.0 Å². The number of carbonyl (C=O) groups is 1.